The van der Waals surface area contributed by atoms with E-state index in [-0.39, 0.29) is 36.1 Å². The average Bonchev–Trinajstić information content (AvgIpc) is 2.94. The van der Waals surface area contributed by atoms with Crippen LogP contribution in [0.1, 0.15) is 39.6 Å². The molecule has 0 saturated carbocycles. The Hall–Kier alpha value is -4.38. The van der Waals surface area contributed by atoms with E-state index in [1.165, 1.54) is 26.5 Å². The van der Waals surface area contributed by atoms with Gasteiger partial charge in [0.15, 0.2) is 23.0 Å². The summed E-state index contributed by atoms with van der Waals surface area (Å²) in [6.07, 6.45) is 1.47. The predicted molar refractivity (Wildman–Crippen MR) is 149 cm³/mol. The summed E-state index contributed by atoms with van der Waals surface area (Å²) >= 11 is 3.32. The number of nitrogens with one attached hydrogen (secondary N) is 2. The highest BCUT2D eigenvalue weighted by atomic mass is 79.9. The second kappa shape index (κ2) is 14.5. The molecule has 10 nitrogen and oxygen atoms in total. The molecule has 0 atom stereocenters. The van der Waals surface area contributed by atoms with Gasteiger partial charge in [-0.15, -0.1) is 0 Å². The Bertz CT molecular complexity index is 1360. The van der Waals surface area contributed by atoms with Crippen molar-refractivity contribution in [3.8, 4) is 23.0 Å². The third kappa shape index (κ3) is 8.30. The van der Waals surface area contributed by atoms with Gasteiger partial charge in [0, 0.05) is 17.4 Å². The Morgan fingerprint density at radius 1 is 0.923 bits per heavy atom. The van der Waals surface area contributed by atoms with Crippen molar-refractivity contribution in [3.05, 3.63) is 81.8 Å². The van der Waals surface area contributed by atoms with Crippen LogP contribution in [0.15, 0.2) is 70.2 Å². The number of carbonyl (C=O) groups excluding carboxylic acids is 3. The Kier molecular flexibility index (Phi) is 10.9. The van der Waals surface area contributed by atoms with Gasteiger partial charge in [-0.1, -0.05) is 12.1 Å². The SMILES string of the molecule is CCOc1cc(/C=N\NC(=O)CCNC(=O)c2ccccc2Br)ccc1OC(=O)c1ccc(OC)c(OC)c1. The van der Waals surface area contributed by atoms with Gasteiger partial charge in [-0.2, -0.15) is 5.10 Å². The van der Waals surface area contributed by atoms with Gasteiger partial charge in [0.2, 0.25) is 5.91 Å². The molecule has 2 N–H and O–H groups in total. The normalized spacial score (nSPS) is 10.6. The quantitative estimate of drug-likeness (QED) is 0.138. The number of hydrogen-bond donors (Lipinski definition) is 2. The van der Waals surface area contributed by atoms with Crippen LogP contribution in [0.5, 0.6) is 23.0 Å². The minimum absolute atomic E-state index is 0.0444. The number of halogens is 1. The predicted octanol–water partition coefficient (Wildman–Crippen LogP) is 4.35. The molecule has 0 spiro atoms. The number of hydrogen-bond acceptors (Lipinski definition) is 8. The number of methoxy groups -OCH3 is 2. The molecular formula is C28H28BrN3O7. The van der Waals surface area contributed by atoms with Crippen LogP contribution >= 0.6 is 15.9 Å². The molecular weight excluding hydrogens is 570 g/mol. The van der Waals surface area contributed by atoms with E-state index in [0.717, 1.165) is 0 Å². The number of hydrazone groups is 1. The van der Waals surface area contributed by atoms with E-state index in [2.05, 4.69) is 31.8 Å². The molecule has 0 aliphatic heterocycles. The molecule has 11 heteroatoms. The highest BCUT2D eigenvalue weighted by Gasteiger charge is 2.16. The smallest absolute Gasteiger partial charge is 0.343 e. The molecule has 2 amide bonds. The van der Waals surface area contributed by atoms with Gasteiger partial charge in [0.1, 0.15) is 0 Å². The largest absolute Gasteiger partial charge is 0.493 e. The second-order valence-corrected chi connectivity index (χ2v) is 8.73. The lowest BCUT2D eigenvalue weighted by molar-refractivity contribution is -0.120. The monoisotopic (exact) mass is 597 g/mol. The van der Waals surface area contributed by atoms with E-state index >= 15 is 0 Å². The Morgan fingerprint density at radius 3 is 2.38 bits per heavy atom. The maximum Gasteiger partial charge on any atom is 0.343 e. The fraction of sp³-hybridized carbons (Fsp3) is 0.214. The van der Waals surface area contributed by atoms with Crippen LogP contribution in [0, 0.1) is 0 Å². The molecule has 204 valence electrons. The van der Waals surface area contributed by atoms with Crippen molar-refractivity contribution < 1.29 is 33.3 Å². The van der Waals surface area contributed by atoms with Crippen molar-refractivity contribution in [2.75, 3.05) is 27.4 Å². The maximum atomic E-state index is 12.7. The van der Waals surface area contributed by atoms with E-state index in [9.17, 15) is 14.4 Å². The maximum absolute atomic E-state index is 12.7. The zero-order chi connectivity index (χ0) is 28.2. The molecule has 39 heavy (non-hydrogen) atoms. The van der Waals surface area contributed by atoms with Crippen LogP contribution in [0.2, 0.25) is 0 Å². The van der Waals surface area contributed by atoms with Gasteiger partial charge in [-0.3, -0.25) is 9.59 Å². The molecule has 0 heterocycles. The molecule has 0 radical (unpaired) electrons. The van der Waals surface area contributed by atoms with Crippen LogP contribution in [-0.4, -0.2) is 51.4 Å². The van der Waals surface area contributed by atoms with E-state index in [0.29, 0.717) is 39.5 Å². The summed E-state index contributed by atoms with van der Waals surface area (Å²) < 4.78 is 22.3. The van der Waals surface area contributed by atoms with Crippen LogP contribution in [0.4, 0.5) is 0 Å². The Balaban J connectivity index is 1.56. The van der Waals surface area contributed by atoms with E-state index < -0.39 is 5.97 Å². The standard InChI is InChI=1S/C28H28BrN3O7/c1-4-38-25-15-18(9-11-23(25)39-28(35)19-10-12-22(36-2)24(16-19)37-3)17-31-32-26(33)13-14-30-27(34)20-7-5-6-8-21(20)29/h5-12,15-17H,4,13-14H2,1-3H3,(H,30,34)(H,32,33)/b31-17-. The second-order valence-electron chi connectivity index (χ2n) is 7.88. The molecule has 0 fully saturated rings. The van der Waals surface area contributed by atoms with E-state index in [1.807, 2.05) is 6.07 Å². The van der Waals surface area contributed by atoms with E-state index in [1.54, 1.807) is 55.5 Å². The topological polar surface area (TPSA) is 125 Å². The minimum atomic E-state index is -0.600. The third-order valence-corrected chi connectivity index (χ3v) is 5.94. The number of carbonyl (C=O) groups is 3. The molecule has 0 unspecified atom stereocenters. The zero-order valence-corrected chi connectivity index (χ0v) is 23.2. The summed E-state index contributed by atoms with van der Waals surface area (Å²) in [6, 6.07) is 16.6. The van der Waals surface area contributed by atoms with Crippen LogP contribution in [0.25, 0.3) is 0 Å². The number of rotatable bonds is 12. The molecule has 0 aliphatic rings. The van der Waals surface area contributed by atoms with Crippen molar-refractivity contribution in [1.82, 2.24) is 10.7 Å². The van der Waals surface area contributed by atoms with Crippen molar-refractivity contribution >= 4 is 39.9 Å². The number of ether oxygens (including phenoxy) is 4. The van der Waals surface area contributed by atoms with Gasteiger partial charge in [-0.05, 0) is 76.9 Å². The molecule has 3 rings (SSSR count). The lowest BCUT2D eigenvalue weighted by Crippen LogP contribution is -2.29. The van der Waals surface area contributed by atoms with Crippen LogP contribution in [0.3, 0.4) is 0 Å². The Labute approximate surface area is 234 Å². The zero-order valence-electron chi connectivity index (χ0n) is 21.7. The first kappa shape index (κ1) is 29.2. The lowest BCUT2D eigenvalue weighted by atomic mass is 10.2. The summed E-state index contributed by atoms with van der Waals surface area (Å²) in [5, 5.41) is 6.65. The first-order valence-electron chi connectivity index (χ1n) is 11.9. The average molecular weight is 598 g/mol. The minimum Gasteiger partial charge on any atom is -0.493 e. The molecule has 0 saturated heterocycles. The fourth-order valence-electron chi connectivity index (χ4n) is 3.34. The third-order valence-electron chi connectivity index (χ3n) is 5.25. The first-order valence-corrected chi connectivity index (χ1v) is 12.7. The summed E-state index contributed by atoms with van der Waals surface area (Å²) in [4.78, 5) is 37.0. The summed E-state index contributed by atoms with van der Waals surface area (Å²) in [5.41, 5.74) is 3.78. The van der Waals surface area contributed by atoms with Gasteiger partial charge in [-0.25, -0.2) is 10.2 Å². The lowest BCUT2D eigenvalue weighted by Gasteiger charge is -2.12. The Morgan fingerprint density at radius 2 is 1.67 bits per heavy atom. The number of nitrogens with zero attached hydrogens (tertiary/aromatic N) is 1. The van der Waals surface area contributed by atoms with Crippen molar-refractivity contribution in [2.45, 2.75) is 13.3 Å². The van der Waals surface area contributed by atoms with Gasteiger partial charge < -0.3 is 24.3 Å². The van der Waals surface area contributed by atoms with Crippen molar-refractivity contribution in [2.24, 2.45) is 5.10 Å². The summed E-state index contributed by atoms with van der Waals surface area (Å²) in [7, 11) is 2.98. The number of esters is 1. The molecule has 3 aromatic rings. The molecule has 0 aromatic heterocycles. The van der Waals surface area contributed by atoms with Gasteiger partial charge in [0.05, 0.1) is 38.2 Å². The molecule has 0 bridgehead atoms. The first-order chi connectivity index (χ1) is 18.9. The number of amides is 2. The van der Waals surface area contributed by atoms with Crippen molar-refractivity contribution in [1.29, 1.82) is 0 Å². The summed E-state index contributed by atoms with van der Waals surface area (Å²) in [6.45, 7) is 2.29. The van der Waals surface area contributed by atoms with Gasteiger partial charge in [0.25, 0.3) is 5.91 Å². The van der Waals surface area contributed by atoms with Crippen LogP contribution in [-0.2, 0) is 4.79 Å². The van der Waals surface area contributed by atoms with Crippen LogP contribution < -0.4 is 29.7 Å². The van der Waals surface area contributed by atoms with E-state index in [4.69, 9.17) is 18.9 Å². The van der Waals surface area contributed by atoms with Gasteiger partial charge >= 0.3 is 5.97 Å². The highest BCUT2D eigenvalue weighted by Crippen LogP contribution is 2.31. The number of benzene rings is 3. The summed E-state index contributed by atoms with van der Waals surface area (Å²) in [5.74, 6) is 0.188. The van der Waals surface area contributed by atoms with Crippen molar-refractivity contribution in [3.63, 3.8) is 0 Å². The molecule has 3 aromatic carbocycles. The molecule has 0 aliphatic carbocycles. The highest BCUT2D eigenvalue weighted by molar-refractivity contribution is 9.10. The fourth-order valence-corrected chi connectivity index (χ4v) is 3.81.